The monoisotopic (exact) mass is 349 g/mol. The highest BCUT2D eigenvalue weighted by Crippen LogP contribution is 2.30. The molecule has 1 saturated heterocycles. The maximum Gasteiger partial charge on any atom is 0.262 e. The van der Waals surface area contributed by atoms with Gasteiger partial charge < -0.3 is 9.47 Å². The molecule has 2 aromatic rings. The Balaban J connectivity index is 1.83. The first kappa shape index (κ1) is 16.9. The number of anilines is 1. The van der Waals surface area contributed by atoms with E-state index >= 15 is 0 Å². The van der Waals surface area contributed by atoms with E-state index in [1.165, 1.54) is 6.33 Å². The molecule has 24 heavy (non-hydrogen) atoms. The number of imidazole rings is 1. The number of piperidine rings is 1. The molecule has 0 saturated carbocycles. The van der Waals surface area contributed by atoms with Crippen LogP contribution in [0.1, 0.15) is 24.3 Å². The molecule has 1 aliphatic heterocycles. The van der Waals surface area contributed by atoms with Crippen molar-refractivity contribution in [3.05, 3.63) is 36.4 Å². The topological polar surface area (TPSA) is 71.3 Å². The minimum atomic E-state index is -3.53. The Kier molecular flexibility index (Phi) is 4.60. The summed E-state index contributed by atoms with van der Waals surface area (Å²) in [4.78, 5) is 10.3. The molecule has 1 aliphatic rings. The summed E-state index contributed by atoms with van der Waals surface area (Å²) in [5, 5.41) is 0.120. The van der Waals surface area contributed by atoms with E-state index in [-0.39, 0.29) is 10.9 Å². The number of aromatic nitrogens is 3. The number of pyridine rings is 1. The molecule has 0 aliphatic carbocycles. The van der Waals surface area contributed by atoms with Crippen molar-refractivity contribution in [1.82, 2.24) is 18.8 Å². The normalized spacial score (nSPS) is 19.4. The third-order valence-electron chi connectivity index (χ3n) is 4.37. The molecular formula is C16H23N5O2S. The van der Waals surface area contributed by atoms with E-state index in [4.69, 9.17) is 0 Å². The van der Waals surface area contributed by atoms with E-state index in [1.807, 2.05) is 31.1 Å². The van der Waals surface area contributed by atoms with Crippen LogP contribution < -0.4 is 4.90 Å². The summed E-state index contributed by atoms with van der Waals surface area (Å²) in [6.45, 7) is 1.02. The Bertz CT molecular complexity index is 815. The fourth-order valence-electron chi connectivity index (χ4n) is 3.02. The van der Waals surface area contributed by atoms with Crippen LogP contribution in [0.25, 0.3) is 0 Å². The van der Waals surface area contributed by atoms with Gasteiger partial charge in [-0.05, 0) is 36.5 Å². The highest BCUT2D eigenvalue weighted by Gasteiger charge is 2.32. The molecule has 0 radical (unpaired) electrons. The van der Waals surface area contributed by atoms with Crippen LogP contribution >= 0.6 is 0 Å². The highest BCUT2D eigenvalue weighted by molar-refractivity contribution is 7.89. The fourth-order valence-corrected chi connectivity index (χ4v) is 4.51. The smallest absolute Gasteiger partial charge is 0.262 e. The van der Waals surface area contributed by atoms with Crippen LogP contribution in [0.5, 0.6) is 0 Å². The van der Waals surface area contributed by atoms with Gasteiger partial charge in [-0.15, -0.1) is 0 Å². The standard InChI is InChI=1S/C16H23N5O2S/c1-19(2)15-9-13(6-7-17-15)14-5-4-8-21(10-14)24(22,23)16-11-20(3)12-18-16/h6-7,9,11-12,14H,4-5,8,10H2,1-3H3/t14-/m0/s1. The van der Waals surface area contributed by atoms with Crippen molar-refractivity contribution >= 4 is 15.8 Å². The van der Waals surface area contributed by atoms with Crippen LogP contribution in [0, 0.1) is 0 Å². The number of rotatable bonds is 4. The quantitative estimate of drug-likeness (QED) is 0.835. The maximum absolute atomic E-state index is 12.8. The Hall–Kier alpha value is -1.93. The van der Waals surface area contributed by atoms with Crippen LogP contribution in [-0.2, 0) is 17.1 Å². The van der Waals surface area contributed by atoms with Crippen LogP contribution in [0.3, 0.4) is 0 Å². The van der Waals surface area contributed by atoms with Gasteiger partial charge in [0.2, 0.25) is 0 Å². The third-order valence-corrected chi connectivity index (χ3v) is 6.12. The summed E-state index contributed by atoms with van der Waals surface area (Å²) in [6.07, 6.45) is 6.68. The number of hydrogen-bond acceptors (Lipinski definition) is 5. The van der Waals surface area contributed by atoms with Crippen LogP contribution in [-0.4, -0.2) is 54.4 Å². The number of aryl methyl sites for hydroxylation is 1. The highest BCUT2D eigenvalue weighted by atomic mass is 32.2. The van der Waals surface area contributed by atoms with Gasteiger partial charge in [0, 0.05) is 46.6 Å². The first-order valence-electron chi connectivity index (χ1n) is 7.99. The molecule has 1 atom stereocenters. The van der Waals surface area contributed by atoms with E-state index in [9.17, 15) is 8.42 Å². The van der Waals surface area contributed by atoms with Gasteiger partial charge >= 0.3 is 0 Å². The molecule has 3 heterocycles. The van der Waals surface area contributed by atoms with Crippen molar-refractivity contribution in [3.8, 4) is 0 Å². The van der Waals surface area contributed by atoms with E-state index in [1.54, 1.807) is 28.3 Å². The number of hydrogen-bond donors (Lipinski definition) is 0. The average molecular weight is 349 g/mol. The van der Waals surface area contributed by atoms with Crippen LogP contribution in [0.4, 0.5) is 5.82 Å². The predicted octanol–water partition coefficient (Wildman–Crippen LogP) is 1.45. The SMILES string of the molecule is CN(C)c1cc([C@H]2CCCN(S(=O)(=O)c3cn(C)cn3)C2)ccn1. The Morgan fingerprint density at radius 2 is 2.08 bits per heavy atom. The molecule has 1 fully saturated rings. The Morgan fingerprint density at radius 1 is 1.29 bits per heavy atom. The van der Waals surface area contributed by atoms with Gasteiger partial charge in [0.05, 0.1) is 6.33 Å². The molecule has 0 unspecified atom stereocenters. The lowest BCUT2D eigenvalue weighted by Gasteiger charge is -2.31. The van der Waals surface area contributed by atoms with Gasteiger partial charge in [-0.2, -0.15) is 4.31 Å². The van der Waals surface area contributed by atoms with Crippen molar-refractivity contribution < 1.29 is 8.42 Å². The Labute approximate surface area is 143 Å². The van der Waals surface area contributed by atoms with Gasteiger partial charge in [0.1, 0.15) is 5.82 Å². The van der Waals surface area contributed by atoms with Gasteiger partial charge in [0.25, 0.3) is 10.0 Å². The van der Waals surface area contributed by atoms with E-state index in [2.05, 4.69) is 9.97 Å². The zero-order chi connectivity index (χ0) is 17.3. The van der Waals surface area contributed by atoms with E-state index < -0.39 is 10.0 Å². The molecule has 8 heteroatoms. The van der Waals surface area contributed by atoms with E-state index in [0.717, 1.165) is 24.2 Å². The van der Waals surface area contributed by atoms with Crippen LogP contribution in [0.15, 0.2) is 35.9 Å². The lowest BCUT2D eigenvalue weighted by Crippen LogP contribution is -2.39. The zero-order valence-corrected chi connectivity index (χ0v) is 15.1. The first-order valence-corrected chi connectivity index (χ1v) is 9.43. The van der Waals surface area contributed by atoms with Crippen LogP contribution in [0.2, 0.25) is 0 Å². The fraction of sp³-hybridized carbons (Fsp3) is 0.500. The largest absolute Gasteiger partial charge is 0.363 e. The first-order chi connectivity index (χ1) is 11.4. The third kappa shape index (κ3) is 3.29. The molecule has 0 N–H and O–H groups in total. The summed E-state index contributed by atoms with van der Waals surface area (Å²) >= 11 is 0. The van der Waals surface area contributed by atoms with Crippen molar-refractivity contribution in [1.29, 1.82) is 0 Å². The summed E-state index contributed by atoms with van der Waals surface area (Å²) in [5.41, 5.74) is 1.13. The minimum Gasteiger partial charge on any atom is -0.363 e. The minimum absolute atomic E-state index is 0.120. The molecule has 2 aromatic heterocycles. The second-order valence-electron chi connectivity index (χ2n) is 6.42. The summed E-state index contributed by atoms with van der Waals surface area (Å²) < 4.78 is 28.8. The predicted molar refractivity (Wildman–Crippen MR) is 92.5 cm³/mol. The lowest BCUT2D eigenvalue weighted by molar-refractivity contribution is 0.315. The van der Waals surface area contributed by atoms with Gasteiger partial charge in [0.15, 0.2) is 5.03 Å². The molecule has 0 spiro atoms. The summed E-state index contributed by atoms with van der Waals surface area (Å²) in [6, 6.07) is 4.02. The lowest BCUT2D eigenvalue weighted by atomic mass is 9.92. The molecule has 0 amide bonds. The van der Waals surface area contributed by atoms with Gasteiger partial charge in [-0.3, -0.25) is 0 Å². The van der Waals surface area contributed by atoms with Gasteiger partial charge in [-0.1, -0.05) is 0 Å². The second-order valence-corrected chi connectivity index (χ2v) is 8.31. The molecular weight excluding hydrogens is 326 g/mol. The number of sulfonamides is 1. The van der Waals surface area contributed by atoms with Crippen molar-refractivity contribution in [2.75, 3.05) is 32.1 Å². The summed E-state index contributed by atoms with van der Waals surface area (Å²) in [7, 11) is 2.13. The van der Waals surface area contributed by atoms with Crippen molar-refractivity contribution in [2.24, 2.45) is 7.05 Å². The maximum atomic E-state index is 12.8. The average Bonchev–Trinajstić information content (AvgIpc) is 3.02. The summed E-state index contributed by atoms with van der Waals surface area (Å²) in [5.74, 6) is 1.07. The number of nitrogens with zero attached hydrogens (tertiary/aromatic N) is 5. The molecule has 130 valence electrons. The molecule has 0 bridgehead atoms. The zero-order valence-electron chi connectivity index (χ0n) is 14.3. The molecule has 0 aromatic carbocycles. The second kappa shape index (κ2) is 6.52. The van der Waals surface area contributed by atoms with Crippen molar-refractivity contribution in [3.63, 3.8) is 0 Å². The molecule has 7 nitrogen and oxygen atoms in total. The van der Waals surface area contributed by atoms with Crippen molar-refractivity contribution in [2.45, 2.75) is 23.8 Å². The molecule has 3 rings (SSSR count). The Morgan fingerprint density at radius 3 is 2.75 bits per heavy atom. The van der Waals surface area contributed by atoms with E-state index in [0.29, 0.717) is 13.1 Å². The van der Waals surface area contributed by atoms with Gasteiger partial charge in [-0.25, -0.2) is 18.4 Å².